The zero-order valence-electron chi connectivity index (χ0n) is 8.09. The van der Waals surface area contributed by atoms with E-state index in [4.69, 9.17) is 5.73 Å². The van der Waals surface area contributed by atoms with Crippen molar-refractivity contribution in [3.63, 3.8) is 0 Å². The smallest absolute Gasteiger partial charge is 0.395 e. The number of Topliss-reactive ketones (excluding diaryl/α,β-unsaturated/α-hetero) is 2. The number of carbonyl (C=O) groups excluding carboxylic acids is 3. The fourth-order valence-electron chi connectivity index (χ4n) is 0.609. The fourth-order valence-corrected chi connectivity index (χ4v) is 0.609. The minimum atomic E-state index is -4.12. The second kappa shape index (κ2) is 5.50. The van der Waals surface area contributed by atoms with Crippen LogP contribution in [-0.2, 0) is 19.1 Å². The highest BCUT2D eigenvalue weighted by atomic mass is 19.3. The van der Waals surface area contributed by atoms with Gasteiger partial charge in [-0.1, -0.05) is 0 Å². The highest BCUT2D eigenvalue weighted by Crippen LogP contribution is 2.17. The van der Waals surface area contributed by atoms with Gasteiger partial charge in [0.25, 0.3) is 0 Å². The van der Waals surface area contributed by atoms with Crippen LogP contribution >= 0.6 is 0 Å². The molecule has 0 radical (unpaired) electrons. The van der Waals surface area contributed by atoms with Gasteiger partial charge >= 0.3 is 12.1 Å². The van der Waals surface area contributed by atoms with Crippen LogP contribution in [-0.4, -0.2) is 30.2 Å². The van der Waals surface area contributed by atoms with E-state index in [1.807, 2.05) is 0 Å². The third kappa shape index (κ3) is 5.16. The zero-order valence-corrected chi connectivity index (χ0v) is 8.09. The number of hydrogen-bond acceptors (Lipinski definition) is 5. The molecule has 86 valence electrons. The van der Waals surface area contributed by atoms with Crippen LogP contribution in [0.2, 0.25) is 0 Å². The van der Waals surface area contributed by atoms with Gasteiger partial charge in [-0.3, -0.25) is 14.4 Å². The molecule has 0 aliphatic heterocycles. The maximum atomic E-state index is 12.5. The Hall–Kier alpha value is -1.37. The molecule has 2 N–H and O–H groups in total. The average molecular weight is 223 g/mol. The standard InChI is InChI=1S/C8H11F2NO4/c1-5(12)8(9,10)15-7(14)3-2-6(13)4-11/h2-4,11H2,1H3. The molecular formula is C8H11F2NO4. The molecule has 0 atom stereocenters. The highest BCUT2D eigenvalue weighted by molar-refractivity contribution is 5.87. The first kappa shape index (κ1) is 13.6. The van der Waals surface area contributed by atoms with Crippen molar-refractivity contribution in [2.75, 3.05) is 6.54 Å². The number of esters is 1. The molecule has 0 aliphatic rings. The lowest BCUT2D eigenvalue weighted by molar-refractivity contribution is -0.225. The molecule has 7 heteroatoms. The summed E-state index contributed by atoms with van der Waals surface area (Å²) in [5, 5.41) is 0. The summed E-state index contributed by atoms with van der Waals surface area (Å²) in [6.45, 7) is 0.328. The first-order valence-electron chi connectivity index (χ1n) is 4.12. The van der Waals surface area contributed by atoms with Crippen LogP contribution in [0.1, 0.15) is 19.8 Å². The van der Waals surface area contributed by atoms with Crippen LogP contribution < -0.4 is 5.73 Å². The Labute approximate surface area is 84.6 Å². The first-order chi connectivity index (χ1) is 6.79. The van der Waals surface area contributed by atoms with Gasteiger partial charge in [0.2, 0.25) is 5.78 Å². The first-order valence-corrected chi connectivity index (χ1v) is 4.12. The number of ether oxygens (including phenoxy) is 1. The van der Waals surface area contributed by atoms with Crippen molar-refractivity contribution < 1.29 is 27.9 Å². The predicted octanol–water partition coefficient (Wildman–Crippen LogP) is 0.0194. The normalized spacial score (nSPS) is 10.9. The Bertz CT molecular complexity index is 278. The highest BCUT2D eigenvalue weighted by Gasteiger charge is 2.39. The molecule has 0 heterocycles. The number of carbonyl (C=O) groups is 3. The lowest BCUT2D eigenvalue weighted by Gasteiger charge is -2.12. The Morgan fingerprint density at radius 3 is 2.20 bits per heavy atom. The molecule has 0 fully saturated rings. The van der Waals surface area contributed by atoms with E-state index in [9.17, 15) is 23.2 Å². The quantitative estimate of drug-likeness (QED) is 0.641. The van der Waals surface area contributed by atoms with Crippen LogP contribution in [0, 0.1) is 0 Å². The van der Waals surface area contributed by atoms with Crippen LogP contribution in [0.4, 0.5) is 8.78 Å². The lowest BCUT2D eigenvalue weighted by Crippen LogP contribution is -2.32. The number of halogens is 2. The van der Waals surface area contributed by atoms with Crippen LogP contribution in [0.25, 0.3) is 0 Å². The molecule has 0 aromatic heterocycles. The Morgan fingerprint density at radius 2 is 1.80 bits per heavy atom. The second-order valence-corrected chi connectivity index (χ2v) is 2.79. The third-order valence-corrected chi connectivity index (χ3v) is 1.49. The number of alkyl halides is 2. The van der Waals surface area contributed by atoms with Gasteiger partial charge in [0.1, 0.15) is 5.78 Å². The maximum absolute atomic E-state index is 12.5. The van der Waals surface area contributed by atoms with E-state index in [0.29, 0.717) is 6.92 Å². The predicted molar refractivity (Wildman–Crippen MR) is 45.0 cm³/mol. The second-order valence-electron chi connectivity index (χ2n) is 2.79. The summed E-state index contributed by atoms with van der Waals surface area (Å²) in [6, 6.07) is 0. The molecular weight excluding hydrogens is 212 g/mol. The third-order valence-electron chi connectivity index (χ3n) is 1.49. The molecule has 0 aromatic carbocycles. The van der Waals surface area contributed by atoms with E-state index in [2.05, 4.69) is 4.74 Å². The van der Waals surface area contributed by atoms with Crippen molar-refractivity contribution in [3.05, 3.63) is 0 Å². The van der Waals surface area contributed by atoms with E-state index in [1.165, 1.54) is 0 Å². The summed E-state index contributed by atoms with van der Waals surface area (Å²) < 4.78 is 28.6. The summed E-state index contributed by atoms with van der Waals surface area (Å²) >= 11 is 0. The van der Waals surface area contributed by atoms with E-state index >= 15 is 0 Å². The van der Waals surface area contributed by atoms with Crippen molar-refractivity contribution in [2.45, 2.75) is 25.9 Å². The topological polar surface area (TPSA) is 86.5 Å². The number of rotatable bonds is 6. The molecule has 0 saturated carbocycles. The Morgan fingerprint density at radius 1 is 1.27 bits per heavy atom. The summed E-state index contributed by atoms with van der Waals surface area (Å²) in [7, 11) is 0. The van der Waals surface area contributed by atoms with E-state index in [1.54, 1.807) is 0 Å². The molecule has 0 amide bonds. The van der Waals surface area contributed by atoms with E-state index < -0.39 is 30.1 Å². The minimum absolute atomic E-state index is 0.267. The molecule has 15 heavy (non-hydrogen) atoms. The molecule has 0 aromatic rings. The van der Waals surface area contributed by atoms with Crippen LogP contribution in [0.15, 0.2) is 0 Å². The molecule has 0 rings (SSSR count). The molecule has 0 aliphatic carbocycles. The summed E-state index contributed by atoms with van der Waals surface area (Å²) in [5.41, 5.74) is 4.93. The van der Waals surface area contributed by atoms with Gasteiger partial charge in [-0.2, -0.15) is 8.78 Å². The Balaban J connectivity index is 4.04. The zero-order chi connectivity index (χ0) is 12.1. The Kier molecular flexibility index (Phi) is 4.99. The van der Waals surface area contributed by atoms with Gasteiger partial charge < -0.3 is 10.5 Å². The van der Waals surface area contributed by atoms with Crippen LogP contribution in [0.5, 0.6) is 0 Å². The van der Waals surface area contributed by atoms with Gasteiger partial charge in [0.15, 0.2) is 0 Å². The average Bonchev–Trinajstić information content (AvgIpc) is 2.13. The van der Waals surface area contributed by atoms with Crippen molar-refractivity contribution >= 4 is 17.5 Å². The minimum Gasteiger partial charge on any atom is -0.395 e. The number of ketones is 2. The molecule has 0 bridgehead atoms. The number of hydrogen-bond donors (Lipinski definition) is 1. The summed E-state index contributed by atoms with van der Waals surface area (Å²) in [6.07, 6.45) is -4.91. The van der Waals surface area contributed by atoms with Crippen LogP contribution in [0.3, 0.4) is 0 Å². The molecule has 0 unspecified atom stereocenters. The van der Waals surface area contributed by atoms with Gasteiger partial charge in [0, 0.05) is 13.3 Å². The monoisotopic (exact) mass is 223 g/mol. The molecule has 0 spiro atoms. The summed E-state index contributed by atoms with van der Waals surface area (Å²) in [5.74, 6) is -3.32. The largest absolute Gasteiger partial charge is 0.462 e. The van der Waals surface area contributed by atoms with Gasteiger partial charge in [0.05, 0.1) is 13.0 Å². The van der Waals surface area contributed by atoms with E-state index in [-0.39, 0.29) is 13.0 Å². The maximum Gasteiger partial charge on any atom is 0.462 e. The molecule has 5 nitrogen and oxygen atoms in total. The lowest BCUT2D eigenvalue weighted by atomic mass is 10.2. The van der Waals surface area contributed by atoms with Crippen molar-refractivity contribution in [1.82, 2.24) is 0 Å². The van der Waals surface area contributed by atoms with Crippen molar-refractivity contribution in [2.24, 2.45) is 5.73 Å². The van der Waals surface area contributed by atoms with Gasteiger partial charge in [-0.15, -0.1) is 0 Å². The van der Waals surface area contributed by atoms with E-state index in [0.717, 1.165) is 0 Å². The molecule has 0 saturated heterocycles. The SMILES string of the molecule is CC(=O)C(F)(F)OC(=O)CCC(=O)CN. The van der Waals surface area contributed by atoms with Crippen molar-refractivity contribution in [1.29, 1.82) is 0 Å². The fraction of sp³-hybridized carbons (Fsp3) is 0.625. The van der Waals surface area contributed by atoms with Gasteiger partial charge in [-0.05, 0) is 0 Å². The van der Waals surface area contributed by atoms with Crippen molar-refractivity contribution in [3.8, 4) is 0 Å². The number of nitrogens with two attached hydrogens (primary N) is 1. The summed E-state index contributed by atoms with van der Waals surface area (Å²) in [4.78, 5) is 31.6. The van der Waals surface area contributed by atoms with Gasteiger partial charge in [-0.25, -0.2) is 0 Å².